The molecule has 63 heavy (non-hydrogen) atoms. The normalized spacial score (nSPS) is 19.7. The Bertz CT molecular complexity index is 1190. The second-order valence-corrected chi connectivity index (χ2v) is 21.5. The minimum absolute atomic E-state index is 0.0189. The van der Waals surface area contributed by atoms with Crippen LogP contribution < -0.4 is 15.3 Å². The van der Waals surface area contributed by atoms with Crippen LogP contribution in [0.5, 0.6) is 0 Å². The molecule has 0 saturated heterocycles. The summed E-state index contributed by atoms with van der Waals surface area (Å²) >= 11 is 0. The van der Waals surface area contributed by atoms with E-state index in [0.717, 1.165) is 38.5 Å². The maximum Gasteiger partial charge on any atom is 0.303 e. The van der Waals surface area contributed by atoms with Crippen molar-refractivity contribution in [3.05, 3.63) is 0 Å². The highest BCUT2D eigenvalue weighted by molar-refractivity contribution is 7.81. The summed E-state index contributed by atoms with van der Waals surface area (Å²) in [7, 11) is -10.5. The molecule has 1 rings (SSSR count). The minimum atomic E-state index is -3.50. The van der Waals surface area contributed by atoms with Gasteiger partial charge in [0.05, 0.1) is 79.3 Å². The molecule has 0 radical (unpaired) electrons. The maximum absolute atomic E-state index is 11.4. The standard InChI is InChI=1S/C39H81N6O15P3/c1-4-7-22-52-25-28-55-31-34-58-61(40-19-13-10-16-37(46)47)43-62(41-20-14-11-17-38(48)49,59-35-32-56-29-26-53-23-8-5-2)45-63(44-61,42-21-15-12-18-39(50)51)60-36-33-57-30-27-54-24-9-6-3/h40-42H,4-36H2,1-3H3,(H,46,47)(H,48,49)(H,50,51). The van der Waals surface area contributed by atoms with Gasteiger partial charge < -0.3 is 57.3 Å². The van der Waals surface area contributed by atoms with Gasteiger partial charge in [0.1, 0.15) is 0 Å². The number of nitrogens with one attached hydrogen (secondary N) is 3. The molecule has 0 bridgehead atoms. The lowest BCUT2D eigenvalue weighted by molar-refractivity contribution is -0.138. The number of hydrogen-bond donors (Lipinski definition) is 6. The van der Waals surface area contributed by atoms with E-state index < -0.39 is 40.7 Å². The molecule has 0 aromatic heterocycles. The molecule has 0 saturated carbocycles. The Morgan fingerprint density at radius 1 is 0.365 bits per heavy atom. The predicted molar refractivity (Wildman–Crippen MR) is 244 cm³/mol. The summed E-state index contributed by atoms with van der Waals surface area (Å²) in [5, 5.41) is 38.3. The maximum atomic E-state index is 11.4. The van der Waals surface area contributed by atoms with Crippen LogP contribution in [0.25, 0.3) is 0 Å². The third-order valence-electron chi connectivity index (χ3n) is 8.67. The van der Waals surface area contributed by atoms with Gasteiger partial charge in [-0.3, -0.25) is 14.4 Å². The van der Waals surface area contributed by atoms with Gasteiger partial charge in [-0.2, -0.15) is 13.5 Å². The van der Waals surface area contributed by atoms with Crippen molar-refractivity contribution in [2.24, 2.45) is 13.5 Å². The van der Waals surface area contributed by atoms with E-state index in [2.05, 4.69) is 36.0 Å². The van der Waals surface area contributed by atoms with Gasteiger partial charge in [-0.25, -0.2) is 15.3 Å². The summed E-state index contributed by atoms with van der Waals surface area (Å²) in [6, 6.07) is 0. The first-order chi connectivity index (χ1) is 30.6. The molecular weight excluding hydrogens is 885 g/mol. The lowest BCUT2D eigenvalue weighted by atomic mass is 10.2. The van der Waals surface area contributed by atoms with Gasteiger partial charge in [0, 0.05) is 58.7 Å². The number of unbranched alkanes of at least 4 members (excludes halogenated alkanes) is 6. The average molecular weight is 967 g/mol. The van der Waals surface area contributed by atoms with Gasteiger partial charge in [0.25, 0.3) is 22.7 Å². The Labute approximate surface area is 376 Å². The number of hydrogen-bond acceptors (Lipinski definition) is 18. The number of aliphatic carboxylic acids is 3. The third kappa shape index (κ3) is 32.9. The van der Waals surface area contributed by atoms with E-state index in [9.17, 15) is 29.7 Å². The number of rotatable bonds is 48. The fraction of sp³-hybridized carbons (Fsp3) is 0.923. The monoisotopic (exact) mass is 966 g/mol. The van der Waals surface area contributed by atoms with Crippen molar-refractivity contribution >= 4 is 40.7 Å². The van der Waals surface area contributed by atoms with E-state index in [1.54, 1.807) is 0 Å². The highest BCUT2D eigenvalue weighted by atomic mass is 31.3. The molecule has 0 spiro atoms. The van der Waals surface area contributed by atoms with Crippen LogP contribution in [0.2, 0.25) is 0 Å². The molecule has 372 valence electrons. The molecule has 1 aliphatic heterocycles. The van der Waals surface area contributed by atoms with Crippen LogP contribution >= 0.6 is 22.7 Å². The Kier molecular flexibility index (Phi) is 37.6. The molecule has 24 heteroatoms. The summed E-state index contributed by atoms with van der Waals surface area (Å²) in [5.41, 5.74) is 0. The van der Waals surface area contributed by atoms with Gasteiger partial charge in [0.15, 0.2) is 0 Å². The smallest absolute Gasteiger partial charge is 0.303 e. The van der Waals surface area contributed by atoms with Crippen molar-refractivity contribution in [3.63, 3.8) is 0 Å². The zero-order chi connectivity index (χ0) is 46.2. The van der Waals surface area contributed by atoms with Gasteiger partial charge in [-0.05, 0) is 57.8 Å². The Morgan fingerprint density at radius 2 is 0.603 bits per heavy atom. The van der Waals surface area contributed by atoms with Crippen molar-refractivity contribution in [3.8, 4) is 0 Å². The van der Waals surface area contributed by atoms with Gasteiger partial charge in [-0.15, -0.1) is 0 Å². The largest absolute Gasteiger partial charge is 0.481 e. The van der Waals surface area contributed by atoms with Gasteiger partial charge in [-0.1, -0.05) is 40.0 Å². The number of carbonyl (C=O) groups is 3. The Hall–Kier alpha value is -1.38. The van der Waals surface area contributed by atoms with Crippen molar-refractivity contribution in [1.29, 1.82) is 0 Å². The predicted octanol–water partition coefficient (Wildman–Crippen LogP) is 7.92. The van der Waals surface area contributed by atoms with Crippen molar-refractivity contribution in [1.82, 2.24) is 15.3 Å². The first-order valence-corrected chi connectivity index (χ1v) is 27.6. The second-order valence-electron chi connectivity index (χ2n) is 14.4. The van der Waals surface area contributed by atoms with Crippen molar-refractivity contribution in [2.75, 3.05) is 119 Å². The van der Waals surface area contributed by atoms with E-state index in [1.165, 1.54) is 0 Å². The lowest BCUT2D eigenvalue weighted by Gasteiger charge is -2.35. The molecule has 21 nitrogen and oxygen atoms in total. The summed E-state index contributed by atoms with van der Waals surface area (Å²) in [5.74, 6) is -2.71. The second kappa shape index (κ2) is 39.8. The van der Waals surface area contributed by atoms with Crippen LogP contribution in [0.4, 0.5) is 0 Å². The third-order valence-corrected chi connectivity index (χ3v) is 18.0. The van der Waals surface area contributed by atoms with E-state index in [-0.39, 0.29) is 58.9 Å². The van der Waals surface area contributed by atoms with E-state index >= 15 is 0 Å². The van der Waals surface area contributed by atoms with E-state index in [4.69, 9.17) is 55.5 Å². The molecule has 0 aromatic rings. The van der Waals surface area contributed by atoms with Gasteiger partial charge >= 0.3 is 17.9 Å². The zero-order valence-electron chi connectivity index (χ0n) is 38.3. The molecule has 6 N–H and O–H groups in total. The fourth-order valence-corrected chi connectivity index (χ4v) is 16.0. The first kappa shape index (κ1) is 59.6. The molecule has 0 unspecified atom stereocenters. The summed E-state index contributed by atoms with van der Waals surface area (Å²) < 4.78 is 70.1. The zero-order valence-corrected chi connectivity index (χ0v) is 40.9. The highest BCUT2D eigenvalue weighted by Crippen LogP contribution is 2.75. The van der Waals surface area contributed by atoms with Crippen LogP contribution in [0, 0.1) is 0 Å². The molecule has 1 heterocycles. The van der Waals surface area contributed by atoms with Crippen LogP contribution in [-0.2, 0) is 56.4 Å². The lowest BCUT2D eigenvalue weighted by Crippen LogP contribution is -2.24. The summed E-state index contributed by atoms with van der Waals surface area (Å²) in [6.45, 7) is 12.2. The van der Waals surface area contributed by atoms with E-state index in [1.807, 2.05) is 0 Å². The van der Waals surface area contributed by atoms with Crippen molar-refractivity contribution < 1.29 is 71.7 Å². The topological polar surface area (TPSA) is 268 Å². The van der Waals surface area contributed by atoms with E-state index in [0.29, 0.717) is 118 Å². The molecule has 0 atom stereocenters. The number of carboxylic acids is 3. The molecule has 0 aliphatic carbocycles. The molecule has 0 fully saturated rings. The molecule has 0 aromatic carbocycles. The van der Waals surface area contributed by atoms with Crippen LogP contribution in [0.3, 0.4) is 0 Å². The quantitative estimate of drug-likeness (QED) is 0.0250. The Balaban J connectivity index is 3.70. The fourth-order valence-electron chi connectivity index (χ4n) is 5.28. The summed E-state index contributed by atoms with van der Waals surface area (Å²) in [6.07, 6.45) is 8.50. The number of ether oxygens (including phenoxy) is 6. The average Bonchev–Trinajstić information content (AvgIpc) is 3.24. The Morgan fingerprint density at radius 3 is 0.841 bits per heavy atom. The SMILES string of the molecule is CCCCOCCOCCOP1(NCCCCC(=O)O)=NP(NCCCCC(=O)O)(OCCOCCOCCCC)=NP(NCCCCC(=O)O)(OCCOCCOCCCC)=N1. The minimum Gasteiger partial charge on any atom is -0.481 e. The van der Waals surface area contributed by atoms with Crippen LogP contribution in [-0.4, -0.2) is 152 Å². The van der Waals surface area contributed by atoms with Crippen molar-refractivity contribution in [2.45, 2.75) is 117 Å². The summed E-state index contributed by atoms with van der Waals surface area (Å²) in [4.78, 5) is 34.1. The number of carboxylic acid groups (broad SMARTS) is 3. The van der Waals surface area contributed by atoms with Crippen LogP contribution in [0.15, 0.2) is 13.5 Å². The molecular formula is C39H81N6O15P3. The molecule has 1 aliphatic rings. The molecule has 0 amide bonds. The number of nitrogens with zero attached hydrogens (tertiary/aromatic N) is 3. The van der Waals surface area contributed by atoms with Gasteiger partial charge in [0.2, 0.25) is 0 Å². The van der Waals surface area contributed by atoms with Crippen LogP contribution in [0.1, 0.15) is 117 Å². The first-order valence-electron chi connectivity index (χ1n) is 22.8. The highest BCUT2D eigenvalue weighted by Gasteiger charge is 2.40.